The summed E-state index contributed by atoms with van der Waals surface area (Å²) in [5.74, 6) is 1.87. The monoisotopic (exact) mass is 600 g/mol. The summed E-state index contributed by atoms with van der Waals surface area (Å²) in [4.78, 5) is 3.79. The van der Waals surface area contributed by atoms with Gasteiger partial charge in [0.1, 0.15) is 12.4 Å². The Morgan fingerprint density at radius 3 is 1.61 bits per heavy atom. The molecule has 0 spiro atoms. The molecule has 2 nitrogen and oxygen atoms in total. The molecule has 2 aromatic carbocycles. The first-order valence-corrected chi connectivity index (χ1v) is 18.8. The summed E-state index contributed by atoms with van der Waals surface area (Å²) >= 11 is 0. The highest BCUT2D eigenvalue weighted by molar-refractivity contribution is 5.32. The minimum Gasteiger partial charge on any atom is -0.247 e. The Bertz CT molecular complexity index is 1070. The number of nitrogens with zero attached hydrogens (tertiary/aromatic N) is 1. The minimum atomic E-state index is 0.00709. The Labute approximate surface area is 272 Å². The van der Waals surface area contributed by atoms with Gasteiger partial charge in [0.25, 0.3) is 5.82 Å². The molecule has 3 rings (SSSR count). The van der Waals surface area contributed by atoms with Crippen molar-refractivity contribution in [2.75, 3.05) is 0 Å². The standard InChI is InChI=1S/C42H66N2/c1-4-6-8-10-12-13-14-15-16-17-19-27-33-40(41-43-34-36-44(41)35-28-20-18-11-9-7-5-2)42(3,39-31-25-22-26-32-39)37-38-29-23-21-24-30-38/h21-26,29-32,34,36,40H,4-20,27-28,33,35,37H2,1-3H3/p+1. The second-order valence-electron chi connectivity index (χ2n) is 13.8. The van der Waals surface area contributed by atoms with E-state index in [2.05, 4.69) is 103 Å². The molecule has 2 atom stereocenters. The average molecular weight is 600 g/mol. The third kappa shape index (κ3) is 12.9. The molecular formula is C42H67N2+. The van der Waals surface area contributed by atoms with Crippen molar-refractivity contribution in [3.8, 4) is 0 Å². The third-order valence-corrected chi connectivity index (χ3v) is 10.1. The van der Waals surface area contributed by atoms with Crippen LogP contribution in [-0.2, 0) is 18.4 Å². The van der Waals surface area contributed by atoms with Gasteiger partial charge in [-0.1, -0.05) is 191 Å². The highest BCUT2D eigenvalue weighted by Crippen LogP contribution is 2.43. The first-order valence-electron chi connectivity index (χ1n) is 18.8. The number of unbranched alkanes of at least 4 members (excludes halogenated alkanes) is 17. The summed E-state index contributed by atoms with van der Waals surface area (Å²) in [7, 11) is 0. The summed E-state index contributed by atoms with van der Waals surface area (Å²) in [5, 5.41) is 0. The number of aryl methyl sites for hydroxylation is 1. The van der Waals surface area contributed by atoms with Gasteiger partial charge in [-0.3, -0.25) is 0 Å². The summed E-state index contributed by atoms with van der Waals surface area (Å²) < 4.78 is 2.57. The van der Waals surface area contributed by atoms with Crippen LogP contribution in [0.15, 0.2) is 73.1 Å². The molecule has 1 heterocycles. The topological polar surface area (TPSA) is 19.7 Å². The van der Waals surface area contributed by atoms with Crippen molar-refractivity contribution in [3.63, 3.8) is 0 Å². The molecular weight excluding hydrogens is 532 g/mol. The molecule has 0 aliphatic rings. The van der Waals surface area contributed by atoms with Crippen molar-refractivity contribution in [2.45, 2.75) is 173 Å². The van der Waals surface area contributed by atoms with E-state index < -0.39 is 0 Å². The van der Waals surface area contributed by atoms with E-state index in [1.54, 1.807) is 0 Å². The minimum absolute atomic E-state index is 0.00709. The van der Waals surface area contributed by atoms with E-state index in [4.69, 9.17) is 0 Å². The van der Waals surface area contributed by atoms with Gasteiger partial charge in [0.05, 0.1) is 12.5 Å². The van der Waals surface area contributed by atoms with Crippen molar-refractivity contribution in [1.29, 1.82) is 0 Å². The number of aromatic nitrogens is 2. The molecule has 0 aliphatic heterocycles. The number of hydrogen-bond donors (Lipinski definition) is 1. The van der Waals surface area contributed by atoms with Gasteiger partial charge >= 0.3 is 0 Å². The van der Waals surface area contributed by atoms with Gasteiger partial charge in [0.2, 0.25) is 0 Å². The fourth-order valence-corrected chi connectivity index (χ4v) is 7.32. The number of H-pyrrole nitrogens is 1. The van der Waals surface area contributed by atoms with E-state index in [-0.39, 0.29) is 5.41 Å². The predicted octanol–water partition coefficient (Wildman–Crippen LogP) is 12.4. The van der Waals surface area contributed by atoms with Gasteiger partial charge in [0, 0.05) is 5.41 Å². The molecule has 0 saturated carbocycles. The molecule has 0 radical (unpaired) electrons. The Morgan fingerprint density at radius 2 is 1.07 bits per heavy atom. The van der Waals surface area contributed by atoms with Crippen molar-refractivity contribution in [3.05, 3.63) is 90.0 Å². The lowest BCUT2D eigenvalue weighted by Gasteiger charge is -2.37. The van der Waals surface area contributed by atoms with E-state index in [0.29, 0.717) is 5.92 Å². The SMILES string of the molecule is CCCCCCCCCCCCCCC(c1[nH]cc[n+]1CCCCCCCCC)C(C)(Cc1ccccc1)c1ccccc1. The van der Waals surface area contributed by atoms with E-state index in [0.717, 1.165) is 13.0 Å². The molecule has 44 heavy (non-hydrogen) atoms. The van der Waals surface area contributed by atoms with Gasteiger partial charge in [-0.05, 0) is 36.8 Å². The van der Waals surface area contributed by atoms with Crippen LogP contribution in [0.25, 0.3) is 0 Å². The fraction of sp³-hybridized carbons (Fsp3) is 0.643. The van der Waals surface area contributed by atoms with E-state index in [1.165, 1.54) is 145 Å². The van der Waals surface area contributed by atoms with Crippen LogP contribution in [0.5, 0.6) is 0 Å². The van der Waals surface area contributed by atoms with E-state index in [9.17, 15) is 0 Å². The smallest absolute Gasteiger partial charge is 0.247 e. The number of hydrogen-bond acceptors (Lipinski definition) is 0. The normalized spacial score (nSPS) is 13.6. The van der Waals surface area contributed by atoms with Gasteiger partial charge in [0.15, 0.2) is 0 Å². The van der Waals surface area contributed by atoms with Crippen LogP contribution >= 0.6 is 0 Å². The highest BCUT2D eigenvalue weighted by atomic mass is 15.1. The molecule has 2 heteroatoms. The lowest BCUT2D eigenvalue weighted by atomic mass is 9.66. The quantitative estimate of drug-likeness (QED) is 0.0699. The number of benzene rings is 2. The Hall–Kier alpha value is -2.35. The summed E-state index contributed by atoms with van der Waals surface area (Å²) in [6.07, 6.45) is 33.1. The Morgan fingerprint density at radius 1 is 0.591 bits per heavy atom. The summed E-state index contributed by atoms with van der Waals surface area (Å²) in [6.45, 7) is 8.27. The number of imidazole rings is 1. The Balaban J connectivity index is 1.66. The van der Waals surface area contributed by atoms with Crippen LogP contribution in [0.1, 0.15) is 172 Å². The van der Waals surface area contributed by atoms with Crippen LogP contribution in [0.4, 0.5) is 0 Å². The zero-order valence-electron chi connectivity index (χ0n) is 29.0. The van der Waals surface area contributed by atoms with E-state index >= 15 is 0 Å². The van der Waals surface area contributed by atoms with Crippen molar-refractivity contribution in [2.24, 2.45) is 0 Å². The summed E-state index contributed by atoms with van der Waals surface area (Å²) in [5.41, 5.74) is 2.90. The molecule has 3 aromatic rings. The van der Waals surface area contributed by atoms with Crippen molar-refractivity contribution in [1.82, 2.24) is 4.98 Å². The largest absolute Gasteiger partial charge is 0.258 e. The van der Waals surface area contributed by atoms with Crippen LogP contribution in [-0.4, -0.2) is 4.98 Å². The van der Waals surface area contributed by atoms with Crippen LogP contribution in [0.3, 0.4) is 0 Å². The molecule has 0 amide bonds. The molecule has 0 fully saturated rings. The van der Waals surface area contributed by atoms with E-state index in [1.807, 2.05) is 0 Å². The molecule has 244 valence electrons. The molecule has 2 unspecified atom stereocenters. The maximum atomic E-state index is 3.79. The lowest BCUT2D eigenvalue weighted by molar-refractivity contribution is -0.705. The molecule has 0 saturated heterocycles. The number of aromatic amines is 1. The van der Waals surface area contributed by atoms with Crippen LogP contribution in [0.2, 0.25) is 0 Å². The summed E-state index contributed by atoms with van der Waals surface area (Å²) in [6, 6.07) is 22.6. The zero-order chi connectivity index (χ0) is 31.1. The lowest BCUT2D eigenvalue weighted by Crippen LogP contribution is -2.43. The number of nitrogens with one attached hydrogen (secondary N) is 1. The molecule has 1 N–H and O–H groups in total. The van der Waals surface area contributed by atoms with Crippen LogP contribution in [0, 0.1) is 0 Å². The highest BCUT2D eigenvalue weighted by Gasteiger charge is 2.41. The predicted molar refractivity (Wildman–Crippen MR) is 191 cm³/mol. The maximum absolute atomic E-state index is 3.79. The van der Waals surface area contributed by atoms with Gasteiger partial charge in [-0.25, -0.2) is 9.55 Å². The van der Waals surface area contributed by atoms with Crippen molar-refractivity contribution >= 4 is 0 Å². The molecule has 0 bridgehead atoms. The molecule has 1 aromatic heterocycles. The first-order chi connectivity index (χ1) is 21.7. The molecule has 0 aliphatic carbocycles. The Kier molecular flexibility index (Phi) is 18.2. The third-order valence-electron chi connectivity index (χ3n) is 10.1. The fourth-order valence-electron chi connectivity index (χ4n) is 7.32. The average Bonchev–Trinajstić information content (AvgIpc) is 3.51. The van der Waals surface area contributed by atoms with Gasteiger partial charge in [-0.15, -0.1) is 0 Å². The zero-order valence-corrected chi connectivity index (χ0v) is 29.0. The van der Waals surface area contributed by atoms with Gasteiger partial charge < -0.3 is 0 Å². The second kappa shape index (κ2) is 22.2. The first kappa shape index (κ1) is 36.1. The second-order valence-corrected chi connectivity index (χ2v) is 13.8. The van der Waals surface area contributed by atoms with Crippen LogP contribution < -0.4 is 4.57 Å². The van der Waals surface area contributed by atoms with Crippen molar-refractivity contribution < 1.29 is 4.57 Å². The van der Waals surface area contributed by atoms with Gasteiger partial charge in [-0.2, -0.15) is 0 Å². The number of rotatable bonds is 26. The maximum Gasteiger partial charge on any atom is 0.258 e.